The van der Waals surface area contributed by atoms with Gasteiger partial charge < -0.3 is 4.43 Å². The maximum Gasteiger partial charge on any atom is 0.298 e. The van der Waals surface area contributed by atoms with Gasteiger partial charge in [-0.3, -0.25) is 4.79 Å². The number of carbonyl (C=O) groups is 1. The Kier molecular flexibility index (Phi) is 4.12. The molecule has 3 heteroatoms. The lowest BCUT2D eigenvalue weighted by molar-refractivity contribution is -0.148. The van der Waals surface area contributed by atoms with Crippen LogP contribution in [0, 0.1) is 5.41 Å². The van der Waals surface area contributed by atoms with Crippen molar-refractivity contribution in [3.63, 3.8) is 0 Å². The smallest absolute Gasteiger partial charge is 0.298 e. The van der Waals surface area contributed by atoms with E-state index in [1.165, 1.54) is 19.3 Å². The van der Waals surface area contributed by atoms with Crippen LogP contribution in [0.4, 0.5) is 0 Å². The molecule has 0 aliphatic heterocycles. The van der Waals surface area contributed by atoms with E-state index in [1.54, 1.807) is 0 Å². The van der Waals surface area contributed by atoms with Gasteiger partial charge in [0.15, 0.2) is 0 Å². The monoisotopic (exact) mass is 256 g/mol. The van der Waals surface area contributed by atoms with Gasteiger partial charge in [0.2, 0.25) is 0 Å². The van der Waals surface area contributed by atoms with Crippen molar-refractivity contribution in [1.29, 1.82) is 0 Å². The SMILES string of the molecule is CC1(C(=O)O[Si](C)(C)C(C)(C)C)CCCCC1. The normalized spacial score (nSPS) is 21.1. The van der Waals surface area contributed by atoms with E-state index in [1.807, 2.05) is 0 Å². The van der Waals surface area contributed by atoms with Crippen molar-refractivity contribution in [1.82, 2.24) is 0 Å². The van der Waals surface area contributed by atoms with Crippen LogP contribution in [0.25, 0.3) is 0 Å². The van der Waals surface area contributed by atoms with Crippen LogP contribution in [-0.4, -0.2) is 14.3 Å². The molecule has 1 aliphatic carbocycles. The van der Waals surface area contributed by atoms with Gasteiger partial charge in [0.1, 0.15) is 0 Å². The average Bonchev–Trinajstić information content (AvgIpc) is 2.16. The van der Waals surface area contributed by atoms with Gasteiger partial charge in [-0.25, -0.2) is 0 Å². The van der Waals surface area contributed by atoms with Crippen molar-refractivity contribution in [3.8, 4) is 0 Å². The summed E-state index contributed by atoms with van der Waals surface area (Å²) < 4.78 is 5.94. The Labute approximate surface area is 107 Å². The summed E-state index contributed by atoms with van der Waals surface area (Å²) in [6.45, 7) is 12.9. The summed E-state index contributed by atoms with van der Waals surface area (Å²) in [6.07, 6.45) is 5.61. The van der Waals surface area contributed by atoms with Crippen molar-refractivity contribution in [2.24, 2.45) is 5.41 Å². The van der Waals surface area contributed by atoms with Gasteiger partial charge in [-0.2, -0.15) is 0 Å². The largest absolute Gasteiger partial charge is 0.519 e. The molecule has 0 bridgehead atoms. The molecule has 0 aromatic heterocycles. The van der Waals surface area contributed by atoms with Crippen LogP contribution < -0.4 is 0 Å². The Morgan fingerprint density at radius 1 is 1.12 bits per heavy atom. The molecule has 0 spiro atoms. The van der Waals surface area contributed by atoms with Crippen molar-refractivity contribution in [2.75, 3.05) is 0 Å². The second-order valence-corrected chi connectivity index (χ2v) is 12.0. The molecule has 0 aromatic rings. The molecule has 0 saturated heterocycles. The zero-order chi connectivity index (χ0) is 13.3. The van der Waals surface area contributed by atoms with Crippen molar-refractivity contribution < 1.29 is 9.22 Å². The molecule has 0 N–H and O–H groups in total. The predicted molar refractivity (Wildman–Crippen MR) is 74.5 cm³/mol. The van der Waals surface area contributed by atoms with E-state index in [0.717, 1.165) is 12.8 Å². The van der Waals surface area contributed by atoms with Gasteiger partial charge in [-0.15, -0.1) is 0 Å². The van der Waals surface area contributed by atoms with Gasteiger partial charge in [0, 0.05) is 0 Å². The fourth-order valence-corrected chi connectivity index (χ4v) is 3.06. The maximum atomic E-state index is 12.4. The van der Waals surface area contributed by atoms with Gasteiger partial charge in [-0.05, 0) is 37.9 Å². The number of rotatable bonds is 2. The van der Waals surface area contributed by atoms with E-state index in [4.69, 9.17) is 4.43 Å². The minimum Gasteiger partial charge on any atom is -0.519 e. The number of hydrogen-bond acceptors (Lipinski definition) is 2. The Balaban J connectivity index is 2.71. The molecule has 0 amide bonds. The van der Waals surface area contributed by atoms with E-state index in [9.17, 15) is 4.79 Å². The van der Waals surface area contributed by atoms with Crippen molar-refractivity contribution >= 4 is 14.3 Å². The predicted octanol–water partition coefficient (Wildman–Crippen LogP) is 4.51. The second-order valence-electron chi connectivity index (χ2n) is 7.27. The molecule has 1 fully saturated rings. The minimum atomic E-state index is -1.95. The van der Waals surface area contributed by atoms with E-state index < -0.39 is 8.32 Å². The standard InChI is InChI=1S/C14H28O2Si/c1-13(2,3)17(5,6)16-12(15)14(4)10-8-7-9-11-14/h7-11H2,1-6H3. The first-order chi connectivity index (χ1) is 7.58. The number of carbonyl (C=O) groups excluding carboxylic acids is 1. The van der Waals surface area contributed by atoms with Gasteiger partial charge in [-0.1, -0.05) is 40.0 Å². The summed E-state index contributed by atoms with van der Waals surface area (Å²) >= 11 is 0. The Hall–Kier alpha value is -0.313. The fraction of sp³-hybridized carbons (Fsp3) is 0.929. The van der Waals surface area contributed by atoms with E-state index in [-0.39, 0.29) is 16.4 Å². The van der Waals surface area contributed by atoms with Crippen LogP contribution in [0.3, 0.4) is 0 Å². The van der Waals surface area contributed by atoms with Crippen LogP contribution in [-0.2, 0) is 9.22 Å². The Morgan fingerprint density at radius 3 is 2.00 bits per heavy atom. The lowest BCUT2D eigenvalue weighted by Crippen LogP contribution is -2.46. The summed E-state index contributed by atoms with van der Waals surface area (Å²) in [5.74, 6) is 0.0591. The molecule has 0 aromatic carbocycles. The summed E-state index contributed by atoms with van der Waals surface area (Å²) in [4.78, 5) is 12.4. The summed E-state index contributed by atoms with van der Waals surface area (Å²) in [7, 11) is -1.95. The topological polar surface area (TPSA) is 26.3 Å². The quantitative estimate of drug-likeness (QED) is 0.680. The molecule has 17 heavy (non-hydrogen) atoms. The molecule has 0 unspecified atom stereocenters. The van der Waals surface area contributed by atoms with Gasteiger partial charge in [0.25, 0.3) is 14.3 Å². The maximum absolute atomic E-state index is 12.4. The minimum absolute atomic E-state index is 0.0591. The highest BCUT2D eigenvalue weighted by molar-refractivity contribution is 6.75. The molecule has 1 aliphatic rings. The first-order valence-electron chi connectivity index (χ1n) is 6.82. The summed E-state index contributed by atoms with van der Waals surface area (Å²) in [6, 6.07) is 0. The van der Waals surface area contributed by atoms with E-state index in [0.29, 0.717) is 0 Å². The highest BCUT2D eigenvalue weighted by Crippen LogP contribution is 2.41. The summed E-state index contributed by atoms with van der Waals surface area (Å²) in [5, 5.41) is 0.105. The van der Waals surface area contributed by atoms with Crippen LogP contribution in [0.2, 0.25) is 18.1 Å². The highest BCUT2D eigenvalue weighted by atomic mass is 28.4. The average molecular weight is 256 g/mol. The third-order valence-corrected chi connectivity index (χ3v) is 8.91. The lowest BCUT2D eigenvalue weighted by atomic mass is 9.76. The zero-order valence-corrected chi connectivity index (χ0v) is 13.4. The molecule has 0 atom stereocenters. The fourth-order valence-electron chi connectivity index (χ4n) is 2.04. The molecule has 0 heterocycles. The third-order valence-electron chi connectivity index (χ3n) is 4.60. The molecule has 1 rings (SSSR count). The Bertz CT molecular complexity index is 283. The third kappa shape index (κ3) is 3.33. The Morgan fingerprint density at radius 2 is 1.59 bits per heavy atom. The van der Waals surface area contributed by atoms with Gasteiger partial charge in [0.05, 0.1) is 5.41 Å². The van der Waals surface area contributed by atoms with Crippen LogP contribution in [0.15, 0.2) is 0 Å². The molecule has 0 radical (unpaired) electrons. The highest BCUT2D eigenvalue weighted by Gasteiger charge is 2.44. The van der Waals surface area contributed by atoms with E-state index >= 15 is 0 Å². The van der Waals surface area contributed by atoms with Crippen LogP contribution >= 0.6 is 0 Å². The number of hydrogen-bond donors (Lipinski definition) is 0. The first kappa shape index (κ1) is 14.7. The summed E-state index contributed by atoms with van der Waals surface area (Å²) in [5.41, 5.74) is -0.215. The lowest BCUT2D eigenvalue weighted by Gasteiger charge is -2.40. The molecular formula is C14H28O2Si. The van der Waals surface area contributed by atoms with Crippen LogP contribution in [0.1, 0.15) is 59.8 Å². The second kappa shape index (κ2) is 4.75. The molecular weight excluding hydrogens is 228 g/mol. The van der Waals surface area contributed by atoms with E-state index in [2.05, 4.69) is 40.8 Å². The van der Waals surface area contributed by atoms with Crippen LogP contribution in [0.5, 0.6) is 0 Å². The molecule has 1 saturated carbocycles. The molecule has 2 nitrogen and oxygen atoms in total. The van der Waals surface area contributed by atoms with Crippen molar-refractivity contribution in [3.05, 3.63) is 0 Å². The van der Waals surface area contributed by atoms with Gasteiger partial charge >= 0.3 is 0 Å². The zero-order valence-electron chi connectivity index (χ0n) is 12.4. The molecule has 100 valence electrons. The van der Waals surface area contributed by atoms with Crippen molar-refractivity contribution in [2.45, 2.75) is 77.9 Å². The first-order valence-corrected chi connectivity index (χ1v) is 9.73.